The quantitative estimate of drug-likeness (QED) is 0.163. The zero-order valence-corrected chi connectivity index (χ0v) is 23.4. The van der Waals surface area contributed by atoms with E-state index in [0.29, 0.717) is 36.8 Å². The number of imide groups is 2. The second-order valence-corrected chi connectivity index (χ2v) is 8.86. The van der Waals surface area contributed by atoms with E-state index in [1.54, 1.807) is 24.3 Å². The summed E-state index contributed by atoms with van der Waals surface area (Å²) in [5, 5.41) is 0. The van der Waals surface area contributed by atoms with E-state index >= 15 is 0 Å². The summed E-state index contributed by atoms with van der Waals surface area (Å²) in [7, 11) is 0. The Kier molecular flexibility index (Phi) is 17.0. The molecule has 0 fully saturated rings. The van der Waals surface area contributed by atoms with Gasteiger partial charge in [0.1, 0.15) is 0 Å². The molecule has 0 radical (unpaired) electrons. The number of hydrogen-bond donors (Lipinski definition) is 0. The van der Waals surface area contributed by atoms with Gasteiger partial charge in [-0.25, -0.2) is 29.0 Å². The number of hydrogen-bond acceptors (Lipinski definition) is 8. The zero-order valence-electron chi connectivity index (χ0n) is 23.4. The van der Waals surface area contributed by atoms with Crippen molar-refractivity contribution < 1.29 is 38.1 Å². The van der Waals surface area contributed by atoms with E-state index in [4.69, 9.17) is 18.9 Å². The van der Waals surface area contributed by atoms with Gasteiger partial charge in [-0.05, 0) is 36.8 Å². The Morgan fingerprint density at radius 1 is 0.500 bits per heavy atom. The molecule has 1 aromatic rings. The van der Waals surface area contributed by atoms with Crippen molar-refractivity contribution in [1.82, 2.24) is 9.80 Å². The normalized spacial score (nSPS) is 10.4. The van der Waals surface area contributed by atoms with Crippen LogP contribution in [0.3, 0.4) is 0 Å². The van der Waals surface area contributed by atoms with Crippen LogP contribution in [-0.2, 0) is 32.0 Å². The summed E-state index contributed by atoms with van der Waals surface area (Å²) in [4.78, 5) is 52.1. The minimum Gasteiger partial charge on any atom is -0.449 e. The third-order valence-corrected chi connectivity index (χ3v) is 5.48. The van der Waals surface area contributed by atoms with Gasteiger partial charge in [-0.15, -0.1) is 0 Å². The molecule has 0 aromatic heterocycles. The van der Waals surface area contributed by atoms with E-state index in [2.05, 4.69) is 0 Å². The van der Waals surface area contributed by atoms with Gasteiger partial charge in [-0.1, -0.05) is 77.6 Å². The molecular weight excluding hydrogens is 492 g/mol. The van der Waals surface area contributed by atoms with Crippen molar-refractivity contribution >= 4 is 24.4 Å². The molecular formula is C28H44N2O8. The molecule has 1 aromatic carbocycles. The van der Waals surface area contributed by atoms with E-state index in [-0.39, 0.29) is 39.5 Å². The Morgan fingerprint density at radius 3 is 0.947 bits per heavy atom. The number of carbonyl (C=O) groups is 4. The lowest BCUT2D eigenvalue weighted by molar-refractivity contribution is 0.0712. The van der Waals surface area contributed by atoms with E-state index < -0.39 is 24.4 Å². The maximum Gasteiger partial charge on any atom is 0.419 e. The van der Waals surface area contributed by atoms with Crippen LogP contribution in [-0.4, -0.2) is 60.6 Å². The SMILES string of the molecule is CCCCOC(=O)N(Cc1ccc(CN(C(=O)OCCCC)C(=O)OCCCC)cc1)C(=O)OCCCC. The molecule has 0 N–H and O–H groups in total. The summed E-state index contributed by atoms with van der Waals surface area (Å²) in [6.07, 6.45) is 3.12. The molecule has 0 unspecified atom stereocenters. The average Bonchev–Trinajstić information content (AvgIpc) is 2.91. The van der Waals surface area contributed by atoms with Crippen LogP contribution in [0, 0.1) is 0 Å². The summed E-state index contributed by atoms with van der Waals surface area (Å²) in [5.74, 6) is 0. The summed E-state index contributed by atoms with van der Waals surface area (Å²) >= 11 is 0. The first-order valence-electron chi connectivity index (χ1n) is 13.7. The number of rotatable bonds is 16. The minimum atomic E-state index is -0.764. The lowest BCUT2D eigenvalue weighted by atomic mass is 10.1. The molecule has 0 aliphatic heterocycles. The lowest BCUT2D eigenvalue weighted by Gasteiger charge is -2.21. The molecule has 0 bridgehead atoms. The van der Waals surface area contributed by atoms with Gasteiger partial charge < -0.3 is 18.9 Å². The van der Waals surface area contributed by atoms with E-state index in [1.807, 2.05) is 27.7 Å². The highest BCUT2D eigenvalue weighted by atomic mass is 16.6. The molecule has 10 nitrogen and oxygen atoms in total. The van der Waals surface area contributed by atoms with Gasteiger partial charge in [0.25, 0.3) is 0 Å². The Hall–Kier alpha value is -3.30. The number of carbonyl (C=O) groups excluding carboxylic acids is 4. The number of nitrogens with zero attached hydrogens (tertiary/aromatic N) is 2. The minimum absolute atomic E-state index is 0.0436. The highest BCUT2D eigenvalue weighted by Gasteiger charge is 2.26. The lowest BCUT2D eigenvalue weighted by Crippen LogP contribution is -2.38. The van der Waals surface area contributed by atoms with Gasteiger partial charge in [0.15, 0.2) is 0 Å². The fourth-order valence-electron chi connectivity index (χ4n) is 3.05. The molecule has 4 amide bonds. The fourth-order valence-corrected chi connectivity index (χ4v) is 3.05. The Balaban J connectivity index is 2.94. The largest absolute Gasteiger partial charge is 0.449 e. The van der Waals surface area contributed by atoms with E-state index in [9.17, 15) is 19.2 Å². The van der Waals surface area contributed by atoms with Gasteiger partial charge in [-0.3, -0.25) is 0 Å². The van der Waals surface area contributed by atoms with Crippen molar-refractivity contribution in [2.24, 2.45) is 0 Å². The summed E-state index contributed by atoms with van der Waals surface area (Å²) in [5.41, 5.74) is 1.30. The predicted octanol–water partition coefficient (Wildman–Crippen LogP) is 7.04. The second kappa shape index (κ2) is 19.8. The van der Waals surface area contributed by atoms with Gasteiger partial charge in [-0.2, -0.15) is 0 Å². The first kappa shape index (κ1) is 32.7. The van der Waals surface area contributed by atoms with Crippen LogP contribution in [0.25, 0.3) is 0 Å². The standard InChI is InChI=1S/C28H44N2O8/c1-5-9-17-35-25(31)29(26(32)36-18-10-6-2)21-23-13-15-24(16-14-23)22-30(27(33)37-19-11-7-3)28(34)38-20-12-8-4/h13-16H,5-12,17-22H2,1-4H3. The van der Waals surface area contributed by atoms with Crippen molar-refractivity contribution in [3.63, 3.8) is 0 Å². The topological polar surface area (TPSA) is 112 Å². The van der Waals surface area contributed by atoms with Crippen molar-refractivity contribution in [3.05, 3.63) is 35.4 Å². The third-order valence-electron chi connectivity index (χ3n) is 5.48. The molecule has 0 spiro atoms. The molecule has 0 atom stereocenters. The first-order chi connectivity index (χ1) is 18.4. The van der Waals surface area contributed by atoms with Crippen molar-refractivity contribution in [1.29, 1.82) is 0 Å². The molecule has 10 heteroatoms. The summed E-state index contributed by atoms with van der Waals surface area (Å²) < 4.78 is 20.9. The molecule has 0 saturated carbocycles. The fraction of sp³-hybridized carbons (Fsp3) is 0.643. The van der Waals surface area contributed by atoms with E-state index in [0.717, 1.165) is 35.5 Å². The van der Waals surface area contributed by atoms with Gasteiger partial charge in [0, 0.05) is 0 Å². The second-order valence-electron chi connectivity index (χ2n) is 8.86. The van der Waals surface area contributed by atoms with Crippen LogP contribution < -0.4 is 0 Å². The smallest absolute Gasteiger partial charge is 0.419 e. The van der Waals surface area contributed by atoms with Gasteiger partial charge in [0.2, 0.25) is 0 Å². The Labute approximate surface area is 226 Å². The average molecular weight is 537 g/mol. The zero-order chi connectivity index (χ0) is 28.2. The Morgan fingerprint density at radius 2 is 0.737 bits per heavy atom. The monoisotopic (exact) mass is 536 g/mol. The van der Waals surface area contributed by atoms with Crippen LogP contribution in [0.15, 0.2) is 24.3 Å². The molecule has 214 valence electrons. The molecule has 0 saturated heterocycles. The van der Waals surface area contributed by atoms with Crippen LogP contribution in [0.4, 0.5) is 19.2 Å². The predicted molar refractivity (Wildman–Crippen MR) is 143 cm³/mol. The highest BCUT2D eigenvalue weighted by molar-refractivity contribution is 5.88. The van der Waals surface area contributed by atoms with Crippen LogP contribution in [0.1, 0.15) is 90.2 Å². The maximum absolute atomic E-state index is 12.6. The van der Waals surface area contributed by atoms with Crippen molar-refractivity contribution in [3.8, 4) is 0 Å². The van der Waals surface area contributed by atoms with E-state index in [1.165, 1.54) is 0 Å². The molecule has 0 heterocycles. The van der Waals surface area contributed by atoms with Crippen molar-refractivity contribution in [2.75, 3.05) is 26.4 Å². The summed E-state index contributed by atoms with van der Waals surface area (Å²) in [6.45, 7) is 8.67. The number of benzene rings is 1. The number of amides is 4. The third kappa shape index (κ3) is 12.8. The van der Waals surface area contributed by atoms with Crippen LogP contribution >= 0.6 is 0 Å². The molecule has 0 aliphatic carbocycles. The molecule has 38 heavy (non-hydrogen) atoms. The number of ether oxygens (including phenoxy) is 4. The maximum atomic E-state index is 12.6. The van der Waals surface area contributed by atoms with Crippen molar-refractivity contribution in [2.45, 2.75) is 92.2 Å². The van der Waals surface area contributed by atoms with Gasteiger partial charge >= 0.3 is 24.4 Å². The van der Waals surface area contributed by atoms with Crippen LogP contribution in [0.5, 0.6) is 0 Å². The first-order valence-corrected chi connectivity index (χ1v) is 13.7. The molecule has 1 rings (SSSR count). The number of unbranched alkanes of at least 4 members (excludes halogenated alkanes) is 4. The molecule has 0 aliphatic rings. The summed E-state index contributed by atoms with van der Waals surface area (Å²) in [6, 6.07) is 6.85. The Bertz CT molecular complexity index is 731. The van der Waals surface area contributed by atoms with Crippen LogP contribution in [0.2, 0.25) is 0 Å². The highest BCUT2D eigenvalue weighted by Crippen LogP contribution is 2.14. The van der Waals surface area contributed by atoms with Gasteiger partial charge in [0.05, 0.1) is 39.5 Å².